The van der Waals surface area contributed by atoms with Crippen LogP contribution in [0.3, 0.4) is 0 Å². The van der Waals surface area contributed by atoms with Gasteiger partial charge < -0.3 is 5.32 Å². The smallest absolute Gasteiger partial charge is 0.257 e. The largest absolute Gasteiger partial charge is 0.321 e. The van der Waals surface area contributed by atoms with Gasteiger partial charge in [-0.15, -0.1) is 0 Å². The van der Waals surface area contributed by atoms with Crippen LogP contribution in [-0.4, -0.2) is 16.4 Å². The van der Waals surface area contributed by atoms with E-state index in [9.17, 15) is 14.0 Å². The molecule has 0 aliphatic carbocycles. The van der Waals surface area contributed by atoms with Crippen LogP contribution in [0, 0.1) is 12.7 Å². The Bertz CT molecular complexity index is 979. The van der Waals surface area contributed by atoms with E-state index in [0.717, 1.165) is 10.0 Å². The van der Waals surface area contributed by atoms with Crippen molar-refractivity contribution in [1.82, 2.24) is 4.57 Å². The molecule has 6 heteroatoms. The standard InChI is InChI=1S/C18H14BrFN2O2/c1-10-3-6-16(15(19)7-10)21-18(24)14-9-22(11(2)23)17-8-12(20)4-5-13(14)17/h3-9H,1-2H3,(H,21,24). The fraction of sp³-hybridized carbons (Fsp3) is 0.111. The first-order valence-electron chi connectivity index (χ1n) is 7.26. The summed E-state index contributed by atoms with van der Waals surface area (Å²) in [5.74, 6) is -1.12. The summed E-state index contributed by atoms with van der Waals surface area (Å²) < 4.78 is 15.5. The summed E-state index contributed by atoms with van der Waals surface area (Å²) in [6.07, 6.45) is 1.43. The summed E-state index contributed by atoms with van der Waals surface area (Å²) in [5, 5.41) is 3.33. The molecular formula is C18H14BrFN2O2. The molecule has 0 fully saturated rings. The van der Waals surface area contributed by atoms with Gasteiger partial charge in [-0.2, -0.15) is 0 Å². The molecule has 122 valence electrons. The Morgan fingerprint density at radius 3 is 2.58 bits per heavy atom. The van der Waals surface area contributed by atoms with Gasteiger partial charge in [-0.05, 0) is 58.7 Å². The van der Waals surface area contributed by atoms with Gasteiger partial charge in [-0.1, -0.05) is 6.07 Å². The van der Waals surface area contributed by atoms with Crippen LogP contribution < -0.4 is 5.32 Å². The van der Waals surface area contributed by atoms with E-state index in [2.05, 4.69) is 21.2 Å². The predicted octanol–water partition coefficient (Wildman–Crippen LogP) is 4.76. The van der Waals surface area contributed by atoms with E-state index in [1.165, 1.54) is 35.9 Å². The Kier molecular flexibility index (Phi) is 4.24. The zero-order chi connectivity index (χ0) is 17.4. The van der Waals surface area contributed by atoms with Crippen LogP contribution in [-0.2, 0) is 0 Å². The second-order valence-electron chi connectivity index (χ2n) is 5.53. The number of anilines is 1. The molecule has 4 nitrogen and oxygen atoms in total. The fourth-order valence-electron chi connectivity index (χ4n) is 2.55. The minimum absolute atomic E-state index is 0.291. The molecule has 3 rings (SSSR count). The number of nitrogens with zero attached hydrogens (tertiary/aromatic N) is 1. The summed E-state index contributed by atoms with van der Waals surface area (Å²) in [6, 6.07) is 9.59. The van der Waals surface area contributed by atoms with Crippen molar-refractivity contribution in [3.8, 4) is 0 Å². The average molecular weight is 389 g/mol. The Hall–Kier alpha value is -2.47. The van der Waals surface area contributed by atoms with Crippen molar-refractivity contribution in [3.05, 3.63) is 64.0 Å². The van der Waals surface area contributed by atoms with Crippen LogP contribution in [0.15, 0.2) is 47.1 Å². The van der Waals surface area contributed by atoms with E-state index in [-0.39, 0.29) is 11.8 Å². The highest BCUT2D eigenvalue weighted by atomic mass is 79.9. The topological polar surface area (TPSA) is 51.1 Å². The molecule has 0 unspecified atom stereocenters. The Labute approximate surface area is 146 Å². The van der Waals surface area contributed by atoms with Crippen LogP contribution in [0.5, 0.6) is 0 Å². The van der Waals surface area contributed by atoms with Crippen LogP contribution in [0.25, 0.3) is 10.9 Å². The third-order valence-corrected chi connectivity index (χ3v) is 4.38. The van der Waals surface area contributed by atoms with Crippen molar-refractivity contribution in [1.29, 1.82) is 0 Å². The van der Waals surface area contributed by atoms with E-state index in [0.29, 0.717) is 22.2 Å². The molecule has 0 atom stereocenters. The van der Waals surface area contributed by atoms with E-state index in [4.69, 9.17) is 0 Å². The molecule has 3 aromatic rings. The van der Waals surface area contributed by atoms with E-state index >= 15 is 0 Å². The number of aromatic nitrogens is 1. The van der Waals surface area contributed by atoms with Gasteiger partial charge in [0.05, 0.1) is 16.8 Å². The molecule has 24 heavy (non-hydrogen) atoms. The third kappa shape index (κ3) is 2.97. The number of carbonyl (C=O) groups excluding carboxylic acids is 2. The molecule has 1 heterocycles. The highest BCUT2D eigenvalue weighted by Gasteiger charge is 2.18. The summed E-state index contributed by atoms with van der Waals surface area (Å²) in [6.45, 7) is 3.31. The number of aryl methyl sites for hydroxylation is 1. The van der Waals surface area contributed by atoms with Crippen molar-refractivity contribution in [2.45, 2.75) is 13.8 Å². The van der Waals surface area contributed by atoms with Gasteiger partial charge in [0.25, 0.3) is 5.91 Å². The minimum Gasteiger partial charge on any atom is -0.321 e. The number of hydrogen-bond acceptors (Lipinski definition) is 2. The highest BCUT2D eigenvalue weighted by Crippen LogP contribution is 2.27. The number of rotatable bonds is 2. The molecule has 1 aromatic heterocycles. The van der Waals surface area contributed by atoms with Gasteiger partial charge >= 0.3 is 0 Å². The third-order valence-electron chi connectivity index (χ3n) is 3.72. The molecule has 0 bridgehead atoms. The monoisotopic (exact) mass is 388 g/mol. The summed E-state index contributed by atoms with van der Waals surface area (Å²) >= 11 is 3.41. The van der Waals surface area contributed by atoms with Gasteiger partial charge in [0, 0.05) is 23.0 Å². The maximum Gasteiger partial charge on any atom is 0.257 e. The van der Waals surface area contributed by atoms with Crippen LogP contribution in [0.1, 0.15) is 27.6 Å². The number of benzene rings is 2. The Balaban J connectivity index is 2.05. The van der Waals surface area contributed by atoms with Gasteiger partial charge in [0.2, 0.25) is 5.91 Å². The number of halogens is 2. The van der Waals surface area contributed by atoms with Crippen molar-refractivity contribution in [3.63, 3.8) is 0 Å². The number of carbonyl (C=O) groups is 2. The zero-order valence-corrected chi connectivity index (χ0v) is 14.6. The first-order chi connectivity index (χ1) is 11.4. The van der Waals surface area contributed by atoms with Crippen LogP contribution in [0.2, 0.25) is 0 Å². The summed E-state index contributed by atoms with van der Waals surface area (Å²) in [4.78, 5) is 24.4. The quantitative estimate of drug-likeness (QED) is 0.687. The summed E-state index contributed by atoms with van der Waals surface area (Å²) in [7, 11) is 0. The number of amides is 1. The lowest BCUT2D eigenvalue weighted by molar-refractivity contribution is 0.0941. The molecule has 0 saturated heterocycles. The van der Waals surface area contributed by atoms with E-state index in [1.54, 1.807) is 6.07 Å². The molecule has 1 amide bonds. The number of fused-ring (bicyclic) bond motifs is 1. The van der Waals surface area contributed by atoms with E-state index < -0.39 is 5.82 Å². The summed E-state index contributed by atoms with van der Waals surface area (Å²) in [5.41, 5.74) is 2.36. The first-order valence-corrected chi connectivity index (χ1v) is 8.05. The van der Waals surface area contributed by atoms with Crippen molar-refractivity contribution >= 4 is 44.3 Å². The molecule has 2 aromatic carbocycles. The zero-order valence-electron chi connectivity index (χ0n) is 13.1. The molecule has 0 radical (unpaired) electrons. The lowest BCUT2D eigenvalue weighted by atomic mass is 10.1. The lowest BCUT2D eigenvalue weighted by Gasteiger charge is -2.07. The average Bonchev–Trinajstić information content (AvgIpc) is 2.89. The number of nitrogens with one attached hydrogen (secondary N) is 1. The molecule has 0 aliphatic heterocycles. The van der Waals surface area contributed by atoms with Gasteiger partial charge in [-0.3, -0.25) is 14.2 Å². The van der Waals surface area contributed by atoms with Crippen LogP contribution in [0.4, 0.5) is 10.1 Å². The Morgan fingerprint density at radius 1 is 1.17 bits per heavy atom. The highest BCUT2D eigenvalue weighted by molar-refractivity contribution is 9.10. The fourth-order valence-corrected chi connectivity index (χ4v) is 3.15. The molecule has 0 aliphatic rings. The van der Waals surface area contributed by atoms with E-state index in [1.807, 2.05) is 19.1 Å². The lowest BCUT2D eigenvalue weighted by Crippen LogP contribution is -2.12. The maximum absolute atomic E-state index is 13.5. The Morgan fingerprint density at radius 2 is 1.92 bits per heavy atom. The second kappa shape index (κ2) is 6.20. The first kappa shape index (κ1) is 16.4. The van der Waals surface area contributed by atoms with Crippen LogP contribution >= 0.6 is 15.9 Å². The minimum atomic E-state index is -0.462. The van der Waals surface area contributed by atoms with Crippen molar-refractivity contribution < 1.29 is 14.0 Å². The predicted molar refractivity (Wildman–Crippen MR) is 95.0 cm³/mol. The normalized spacial score (nSPS) is 10.8. The molecular weight excluding hydrogens is 375 g/mol. The molecule has 0 spiro atoms. The van der Waals surface area contributed by atoms with Crippen molar-refractivity contribution in [2.24, 2.45) is 0 Å². The van der Waals surface area contributed by atoms with Gasteiger partial charge in [0.1, 0.15) is 5.82 Å². The molecule has 0 saturated carbocycles. The number of hydrogen-bond donors (Lipinski definition) is 1. The van der Waals surface area contributed by atoms with Gasteiger partial charge in [-0.25, -0.2) is 4.39 Å². The SMILES string of the molecule is CC(=O)n1cc(C(=O)Nc2ccc(C)cc2Br)c2ccc(F)cc21. The second-order valence-corrected chi connectivity index (χ2v) is 6.39. The van der Waals surface area contributed by atoms with Crippen molar-refractivity contribution in [2.75, 3.05) is 5.32 Å². The van der Waals surface area contributed by atoms with Gasteiger partial charge in [0.15, 0.2) is 0 Å². The molecule has 1 N–H and O–H groups in total. The maximum atomic E-state index is 13.5.